The normalized spacial score (nSPS) is 11.1. The van der Waals surface area contributed by atoms with Gasteiger partial charge in [0.05, 0.1) is 16.9 Å². The number of hydrogen-bond acceptors (Lipinski definition) is 6. The number of nitrogens with zero attached hydrogens (tertiary/aromatic N) is 2. The molecular formula is C13H12N2O5S. The predicted octanol–water partition coefficient (Wildman–Crippen LogP) is 2.14. The van der Waals surface area contributed by atoms with Crippen LogP contribution in [-0.4, -0.2) is 25.4 Å². The monoisotopic (exact) mass is 308 g/mol. The molecule has 0 unspecified atom stereocenters. The van der Waals surface area contributed by atoms with E-state index in [4.69, 9.17) is 4.74 Å². The van der Waals surface area contributed by atoms with Gasteiger partial charge in [-0.15, -0.1) is 0 Å². The zero-order chi connectivity index (χ0) is 15.6. The van der Waals surface area contributed by atoms with Crippen molar-refractivity contribution < 1.29 is 18.1 Å². The highest BCUT2D eigenvalue weighted by atomic mass is 32.2. The number of benzene rings is 1. The number of rotatable bonds is 4. The molecule has 8 heteroatoms. The molecule has 1 aromatic heterocycles. The highest BCUT2D eigenvalue weighted by Crippen LogP contribution is 2.29. The summed E-state index contributed by atoms with van der Waals surface area (Å²) in [6.45, 7) is 1.81. The molecule has 0 aliphatic rings. The van der Waals surface area contributed by atoms with Crippen molar-refractivity contribution in [2.24, 2.45) is 0 Å². The van der Waals surface area contributed by atoms with Crippen LogP contribution >= 0.6 is 0 Å². The van der Waals surface area contributed by atoms with Crippen molar-refractivity contribution in [1.29, 1.82) is 0 Å². The second kappa shape index (κ2) is 5.49. The number of aromatic nitrogens is 1. The summed E-state index contributed by atoms with van der Waals surface area (Å²) < 4.78 is 29.9. The zero-order valence-electron chi connectivity index (χ0n) is 11.3. The van der Waals surface area contributed by atoms with E-state index >= 15 is 0 Å². The van der Waals surface area contributed by atoms with Crippen molar-refractivity contribution in [3.05, 3.63) is 52.1 Å². The van der Waals surface area contributed by atoms with Crippen LogP contribution in [0.4, 0.5) is 5.69 Å². The molecule has 0 aliphatic heterocycles. The van der Waals surface area contributed by atoms with E-state index in [1.165, 1.54) is 25.3 Å². The van der Waals surface area contributed by atoms with E-state index in [0.29, 0.717) is 0 Å². The molecule has 0 fully saturated rings. The molecule has 0 saturated heterocycles. The fourth-order valence-electron chi connectivity index (χ4n) is 1.70. The fraction of sp³-hybridized carbons (Fsp3) is 0.154. The van der Waals surface area contributed by atoms with Gasteiger partial charge in [0.2, 0.25) is 20.7 Å². The minimum absolute atomic E-state index is 0.00807. The molecule has 0 spiro atoms. The minimum Gasteiger partial charge on any atom is -0.481 e. The first-order chi connectivity index (χ1) is 9.86. The van der Waals surface area contributed by atoms with E-state index in [9.17, 15) is 18.5 Å². The standard InChI is InChI=1S/C13H12N2O5S/c1-9-3-5-10(6-4-9)21(18,19)13-11(15(16)17)7-8-12(14-13)20-2/h3-8H,1-2H3. The average Bonchev–Trinajstić information content (AvgIpc) is 2.47. The lowest BCUT2D eigenvalue weighted by Gasteiger charge is -2.06. The first-order valence-corrected chi connectivity index (χ1v) is 7.36. The highest BCUT2D eigenvalue weighted by Gasteiger charge is 2.30. The van der Waals surface area contributed by atoms with E-state index in [1.54, 1.807) is 12.1 Å². The summed E-state index contributed by atoms with van der Waals surface area (Å²) in [5.74, 6) is -0.00807. The molecule has 1 aromatic carbocycles. The number of methoxy groups -OCH3 is 1. The van der Waals surface area contributed by atoms with Crippen LogP contribution in [0.1, 0.15) is 5.56 Å². The molecule has 110 valence electrons. The van der Waals surface area contributed by atoms with Crippen molar-refractivity contribution in [1.82, 2.24) is 4.98 Å². The first kappa shape index (κ1) is 14.9. The van der Waals surface area contributed by atoms with Crippen LogP contribution < -0.4 is 4.74 Å². The largest absolute Gasteiger partial charge is 0.481 e. The molecule has 21 heavy (non-hydrogen) atoms. The van der Waals surface area contributed by atoms with E-state index in [1.807, 2.05) is 6.92 Å². The number of hydrogen-bond donors (Lipinski definition) is 0. The predicted molar refractivity (Wildman–Crippen MR) is 74.1 cm³/mol. The van der Waals surface area contributed by atoms with Gasteiger partial charge in [-0.3, -0.25) is 10.1 Å². The van der Waals surface area contributed by atoms with Gasteiger partial charge in [0.1, 0.15) is 0 Å². The van der Waals surface area contributed by atoms with Crippen molar-refractivity contribution in [3.63, 3.8) is 0 Å². The summed E-state index contributed by atoms with van der Waals surface area (Å²) in [7, 11) is -2.79. The average molecular weight is 308 g/mol. The van der Waals surface area contributed by atoms with Crippen molar-refractivity contribution in [2.75, 3.05) is 7.11 Å². The van der Waals surface area contributed by atoms with Crippen LogP contribution in [0.5, 0.6) is 5.88 Å². The zero-order valence-corrected chi connectivity index (χ0v) is 12.1. The summed E-state index contributed by atoms with van der Waals surface area (Å²) in [4.78, 5) is 13.9. The Labute approximate surface area is 121 Å². The van der Waals surface area contributed by atoms with E-state index in [0.717, 1.165) is 11.6 Å². The lowest BCUT2D eigenvalue weighted by atomic mass is 10.2. The van der Waals surface area contributed by atoms with Crippen molar-refractivity contribution in [3.8, 4) is 5.88 Å². The third kappa shape index (κ3) is 2.84. The fourth-order valence-corrected chi connectivity index (χ4v) is 3.04. The lowest BCUT2D eigenvalue weighted by molar-refractivity contribution is -0.388. The Balaban J connectivity index is 2.68. The van der Waals surface area contributed by atoms with E-state index in [2.05, 4.69) is 4.98 Å². The van der Waals surface area contributed by atoms with Crippen LogP contribution in [0.3, 0.4) is 0 Å². The molecule has 0 aliphatic carbocycles. The lowest BCUT2D eigenvalue weighted by Crippen LogP contribution is -2.09. The maximum Gasteiger partial charge on any atom is 0.307 e. The van der Waals surface area contributed by atoms with Gasteiger partial charge in [0.15, 0.2) is 0 Å². The van der Waals surface area contributed by atoms with Gasteiger partial charge >= 0.3 is 5.69 Å². The molecule has 0 N–H and O–H groups in total. The third-order valence-corrected chi connectivity index (χ3v) is 4.51. The number of ether oxygens (including phenoxy) is 1. The van der Waals surface area contributed by atoms with Crippen molar-refractivity contribution in [2.45, 2.75) is 16.8 Å². The Morgan fingerprint density at radius 1 is 1.14 bits per heavy atom. The molecule has 0 atom stereocenters. The Hall–Kier alpha value is -2.48. The molecule has 2 aromatic rings. The summed E-state index contributed by atoms with van der Waals surface area (Å²) in [5.41, 5.74) is 0.290. The summed E-state index contributed by atoms with van der Waals surface area (Å²) in [6, 6.07) is 8.29. The Bertz CT molecular complexity index is 785. The number of nitro groups is 1. The summed E-state index contributed by atoms with van der Waals surface area (Å²) in [6.07, 6.45) is 0. The van der Waals surface area contributed by atoms with E-state index < -0.39 is 25.5 Å². The maximum atomic E-state index is 12.5. The molecule has 1 heterocycles. The topological polar surface area (TPSA) is 99.4 Å². The van der Waals surface area contributed by atoms with Crippen LogP contribution in [0.25, 0.3) is 0 Å². The highest BCUT2D eigenvalue weighted by molar-refractivity contribution is 7.91. The number of pyridine rings is 1. The van der Waals surface area contributed by atoms with Gasteiger partial charge in [0.25, 0.3) is 0 Å². The maximum absolute atomic E-state index is 12.5. The Morgan fingerprint density at radius 3 is 2.29 bits per heavy atom. The molecule has 2 rings (SSSR count). The van der Waals surface area contributed by atoms with Gasteiger partial charge in [-0.25, -0.2) is 8.42 Å². The second-order valence-corrected chi connectivity index (χ2v) is 6.12. The van der Waals surface area contributed by atoms with Crippen LogP contribution in [0.15, 0.2) is 46.3 Å². The third-order valence-electron chi connectivity index (χ3n) is 2.81. The SMILES string of the molecule is COc1ccc([N+](=O)[O-])c(S(=O)(=O)c2ccc(C)cc2)n1. The molecule has 0 amide bonds. The first-order valence-electron chi connectivity index (χ1n) is 5.87. The molecule has 0 bridgehead atoms. The molecule has 0 saturated carbocycles. The Kier molecular flexibility index (Phi) is 3.90. The number of sulfone groups is 1. The van der Waals surface area contributed by atoms with Crippen molar-refractivity contribution >= 4 is 15.5 Å². The van der Waals surface area contributed by atoms with Gasteiger partial charge in [-0.05, 0) is 19.1 Å². The van der Waals surface area contributed by atoms with Crippen LogP contribution in [-0.2, 0) is 9.84 Å². The molecular weight excluding hydrogens is 296 g/mol. The summed E-state index contributed by atoms with van der Waals surface area (Å²) >= 11 is 0. The van der Waals surface area contributed by atoms with Crippen LogP contribution in [0, 0.1) is 17.0 Å². The summed E-state index contributed by atoms with van der Waals surface area (Å²) in [5, 5.41) is 10.4. The quantitative estimate of drug-likeness (QED) is 0.633. The second-order valence-electron chi connectivity index (χ2n) is 4.25. The Morgan fingerprint density at radius 2 is 1.76 bits per heavy atom. The number of aryl methyl sites for hydroxylation is 1. The van der Waals surface area contributed by atoms with Gasteiger partial charge in [0, 0.05) is 12.1 Å². The van der Waals surface area contributed by atoms with Gasteiger partial charge in [-0.2, -0.15) is 4.98 Å². The smallest absolute Gasteiger partial charge is 0.307 e. The molecule has 7 nitrogen and oxygen atoms in total. The van der Waals surface area contributed by atoms with E-state index in [-0.39, 0.29) is 10.8 Å². The van der Waals surface area contributed by atoms with Gasteiger partial charge < -0.3 is 4.74 Å². The van der Waals surface area contributed by atoms with Gasteiger partial charge in [-0.1, -0.05) is 17.7 Å². The minimum atomic E-state index is -4.10. The van der Waals surface area contributed by atoms with Crippen LogP contribution in [0.2, 0.25) is 0 Å². The molecule has 0 radical (unpaired) electrons.